The Morgan fingerprint density at radius 3 is 2.33 bits per heavy atom. The second-order valence-electron chi connectivity index (χ2n) is 7.09. The lowest BCUT2D eigenvalue weighted by atomic mass is 9.86. The summed E-state index contributed by atoms with van der Waals surface area (Å²) in [5, 5.41) is 24.2. The zero-order chi connectivity index (χ0) is 21.7. The molecule has 8 heteroatoms. The van der Waals surface area contributed by atoms with Crippen molar-refractivity contribution in [3.05, 3.63) is 64.2 Å². The number of rotatable bonds is 3. The summed E-state index contributed by atoms with van der Waals surface area (Å²) in [6, 6.07) is 12.8. The molecule has 0 radical (unpaired) electrons. The van der Waals surface area contributed by atoms with Crippen molar-refractivity contribution >= 4 is 40.8 Å². The van der Waals surface area contributed by atoms with Gasteiger partial charge in [0, 0.05) is 45.4 Å². The SMILES string of the molecule is Clc1ccc(-c2cccc3c2[C@@H]2CCNCC[C@H]2N3)c(Cl)c1.O=C(O)/C=C\C(=O)O. The second kappa shape index (κ2) is 9.98. The second-order valence-corrected chi connectivity index (χ2v) is 7.93. The minimum atomic E-state index is -1.26. The molecular weight excluding hydrogens is 427 g/mol. The summed E-state index contributed by atoms with van der Waals surface area (Å²) in [5.41, 5.74) is 4.99. The number of carboxylic acids is 2. The van der Waals surface area contributed by atoms with Gasteiger partial charge in [-0.2, -0.15) is 0 Å². The first-order valence-corrected chi connectivity index (χ1v) is 10.3. The van der Waals surface area contributed by atoms with E-state index in [9.17, 15) is 9.59 Å². The molecule has 0 saturated carbocycles. The van der Waals surface area contributed by atoms with Crippen LogP contribution in [0.2, 0.25) is 10.0 Å². The Labute approximate surface area is 184 Å². The Morgan fingerprint density at radius 2 is 1.67 bits per heavy atom. The van der Waals surface area contributed by atoms with Gasteiger partial charge < -0.3 is 20.8 Å². The number of anilines is 1. The average molecular weight is 449 g/mol. The number of nitrogens with one attached hydrogen (secondary N) is 2. The molecule has 4 N–H and O–H groups in total. The number of benzene rings is 2. The van der Waals surface area contributed by atoms with Gasteiger partial charge in [-0.3, -0.25) is 0 Å². The fourth-order valence-electron chi connectivity index (χ4n) is 3.94. The van der Waals surface area contributed by atoms with Crippen LogP contribution in [0.1, 0.15) is 24.3 Å². The van der Waals surface area contributed by atoms with Gasteiger partial charge in [0.2, 0.25) is 0 Å². The monoisotopic (exact) mass is 448 g/mol. The van der Waals surface area contributed by atoms with Gasteiger partial charge >= 0.3 is 11.9 Å². The van der Waals surface area contributed by atoms with Gasteiger partial charge in [-0.05, 0) is 55.3 Å². The highest BCUT2D eigenvalue weighted by Crippen LogP contribution is 2.46. The quantitative estimate of drug-likeness (QED) is 0.510. The molecular formula is C22H22Cl2N2O4. The fourth-order valence-corrected chi connectivity index (χ4v) is 4.45. The van der Waals surface area contributed by atoms with Crippen LogP contribution < -0.4 is 10.6 Å². The highest BCUT2D eigenvalue weighted by molar-refractivity contribution is 6.36. The molecule has 0 aliphatic carbocycles. The predicted molar refractivity (Wildman–Crippen MR) is 119 cm³/mol. The number of carbonyl (C=O) groups is 2. The van der Waals surface area contributed by atoms with E-state index in [-0.39, 0.29) is 0 Å². The summed E-state index contributed by atoms with van der Waals surface area (Å²) in [6.45, 7) is 2.16. The van der Waals surface area contributed by atoms with Gasteiger partial charge in [0.05, 0.1) is 0 Å². The largest absolute Gasteiger partial charge is 0.478 e. The first-order chi connectivity index (χ1) is 14.4. The third-order valence-corrected chi connectivity index (χ3v) is 5.71. The molecule has 2 aromatic carbocycles. The van der Waals surface area contributed by atoms with E-state index in [0.717, 1.165) is 36.5 Å². The molecule has 4 rings (SSSR count). The standard InChI is InChI=1S/C18H18Cl2N2.C4H4O4/c19-11-4-5-12(15(20)10-11)13-2-1-3-17-18(13)14-6-8-21-9-7-16(14)22-17;5-3(6)1-2-4(7)8/h1-5,10,14,16,21-22H,6-9H2;1-2H,(H,5,6)(H,7,8)/b;2-1-/t14-,16-;/m1./s1. The smallest absolute Gasteiger partial charge is 0.328 e. The summed E-state index contributed by atoms with van der Waals surface area (Å²) in [7, 11) is 0. The minimum absolute atomic E-state index is 0.525. The molecule has 30 heavy (non-hydrogen) atoms. The number of halogens is 2. The maximum atomic E-state index is 9.55. The van der Waals surface area contributed by atoms with Gasteiger partial charge in [0.15, 0.2) is 0 Å². The van der Waals surface area contributed by atoms with Crippen LogP contribution in [0.4, 0.5) is 5.69 Å². The van der Waals surface area contributed by atoms with E-state index >= 15 is 0 Å². The normalized spacial score (nSPS) is 19.7. The summed E-state index contributed by atoms with van der Waals surface area (Å²) in [4.78, 5) is 19.1. The first kappa shape index (κ1) is 22.2. The third kappa shape index (κ3) is 5.33. The van der Waals surface area contributed by atoms with E-state index in [2.05, 4.69) is 28.8 Å². The lowest BCUT2D eigenvalue weighted by Crippen LogP contribution is -2.21. The van der Waals surface area contributed by atoms with Crippen molar-refractivity contribution in [2.75, 3.05) is 18.4 Å². The third-order valence-electron chi connectivity index (χ3n) is 5.16. The van der Waals surface area contributed by atoms with Crippen molar-refractivity contribution in [2.24, 2.45) is 0 Å². The molecule has 2 aliphatic heterocycles. The molecule has 2 atom stereocenters. The molecule has 1 fully saturated rings. The van der Waals surface area contributed by atoms with E-state index in [4.69, 9.17) is 33.4 Å². The van der Waals surface area contributed by atoms with Crippen LogP contribution in [0, 0.1) is 0 Å². The van der Waals surface area contributed by atoms with Crippen LogP contribution in [0.25, 0.3) is 11.1 Å². The van der Waals surface area contributed by atoms with E-state index < -0.39 is 11.9 Å². The topological polar surface area (TPSA) is 98.7 Å². The maximum Gasteiger partial charge on any atom is 0.328 e. The van der Waals surface area contributed by atoms with Gasteiger partial charge in [-0.25, -0.2) is 9.59 Å². The van der Waals surface area contributed by atoms with Crippen molar-refractivity contribution in [3.8, 4) is 11.1 Å². The summed E-state index contributed by atoms with van der Waals surface area (Å²) in [5.74, 6) is -1.97. The number of carboxylic acid groups (broad SMARTS) is 2. The Hall–Kier alpha value is -2.54. The highest BCUT2D eigenvalue weighted by atomic mass is 35.5. The van der Waals surface area contributed by atoms with Crippen LogP contribution >= 0.6 is 23.2 Å². The lowest BCUT2D eigenvalue weighted by molar-refractivity contribution is -0.134. The van der Waals surface area contributed by atoms with E-state index in [1.165, 1.54) is 16.8 Å². The molecule has 158 valence electrons. The molecule has 2 aliphatic rings. The number of hydrogen-bond donors (Lipinski definition) is 4. The number of fused-ring (bicyclic) bond motifs is 3. The van der Waals surface area contributed by atoms with Crippen LogP contribution in [0.5, 0.6) is 0 Å². The molecule has 2 heterocycles. The van der Waals surface area contributed by atoms with Gasteiger partial charge in [-0.1, -0.05) is 41.4 Å². The summed E-state index contributed by atoms with van der Waals surface area (Å²) < 4.78 is 0. The van der Waals surface area contributed by atoms with Crippen LogP contribution in [-0.4, -0.2) is 41.3 Å². The van der Waals surface area contributed by atoms with Crippen LogP contribution in [-0.2, 0) is 9.59 Å². The summed E-state index contributed by atoms with van der Waals surface area (Å²) in [6.07, 6.45) is 3.44. The van der Waals surface area contributed by atoms with Gasteiger partial charge in [0.25, 0.3) is 0 Å². The number of hydrogen-bond acceptors (Lipinski definition) is 4. The first-order valence-electron chi connectivity index (χ1n) is 9.56. The van der Waals surface area contributed by atoms with Crippen molar-refractivity contribution in [2.45, 2.75) is 24.8 Å². The van der Waals surface area contributed by atoms with Crippen LogP contribution in [0.15, 0.2) is 48.6 Å². The molecule has 2 aromatic rings. The van der Waals surface area contributed by atoms with Crippen molar-refractivity contribution in [1.29, 1.82) is 0 Å². The van der Waals surface area contributed by atoms with Crippen molar-refractivity contribution in [3.63, 3.8) is 0 Å². The Kier molecular flexibility index (Phi) is 7.37. The number of aliphatic carboxylic acids is 2. The fraction of sp³-hybridized carbons (Fsp3) is 0.273. The molecule has 0 amide bonds. The molecule has 0 aromatic heterocycles. The molecule has 0 unspecified atom stereocenters. The lowest BCUT2D eigenvalue weighted by Gasteiger charge is -2.18. The predicted octanol–water partition coefficient (Wildman–Crippen LogP) is 4.63. The van der Waals surface area contributed by atoms with E-state index in [0.29, 0.717) is 29.1 Å². The molecule has 0 spiro atoms. The van der Waals surface area contributed by atoms with Crippen molar-refractivity contribution in [1.82, 2.24) is 5.32 Å². The Bertz CT molecular complexity index is 962. The van der Waals surface area contributed by atoms with E-state index in [1.54, 1.807) is 0 Å². The van der Waals surface area contributed by atoms with Crippen LogP contribution in [0.3, 0.4) is 0 Å². The van der Waals surface area contributed by atoms with Gasteiger partial charge in [0.1, 0.15) is 0 Å². The molecule has 6 nitrogen and oxygen atoms in total. The van der Waals surface area contributed by atoms with Crippen molar-refractivity contribution < 1.29 is 19.8 Å². The Balaban J connectivity index is 0.000000275. The highest BCUT2D eigenvalue weighted by Gasteiger charge is 2.34. The average Bonchev–Trinajstić information content (AvgIpc) is 2.89. The van der Waals surface area contributed by atoms with Gasteiger partial charge in [-0.15, -0.1) is 0 Å². The minimum Gasteiger partial charge on any atom is -0.478 e. The zero-order valence-electron chi connectivity index (χ0n) is 16.1. The maximum absolute atomic E-state index is 9.55. The van der Waals surface area contributed by atoms with E-state index in [1.807, 2.05) is 18.2 Å². The zero-order valence-corrected chi connectivity index (χ0v) is 17.6. The Morgan fingerprint density at radius 1 is 0.967 bits per heavy atom. The molecule has 0 bridgehead atoms. The summed E-state index contributed by atoms with van der Waals surface area (Å²) >= 11 is 12.5. The molecule has 1 saturated heterocycles.